The summed E-state index contributed by atoms with van der Waals surface area (Å²) in [5, 5.41) is 5.64. The molecule has 1 unspecified atom stereocenters. The fourth-order valence-electron chi connectivity index (χ4n) is 8.56. The van der Waals surface area contributed by atoms with Gasteiger partial charge in [-0.25, -0.2) is 14.2 Å². The maximum absolute atomic E-state index is 14.8. The number of fused-ring (bicyclic) bond motifs is 5. The van der Waals surface area contributed by atoms with Crippen LogP contribution in [0.5, 0.6) is 5.75 Å². The smallest absolute Gasteiger partial charge is 0.286 e. The quantitative estimate of drug-likeness (QED) is 0.230. The lowest BCUT2D eigenvalue weighted by Gasteiger charge is -2.46. The van der Waals surface area contributed by atoms with Crippen LogP contribution in [0.15, 0.2) is 65.4 Å². The Kier molecular flexibility index (Phi) is 9.04. The number of anilines is 2. The molecule has 8 rings (SSSR count). The standard InChI is InChI=1S/C38H44ClN7O4S/c1-24-6-4-8-33(49-3)29-12-9-27(29)19-46-21-38(15-5-7-25-16-28(39)11-13-31(25)38)22-50-34-14-10-26(17-32(34)46)37(47)44-51(48,20-24)43-35-30-18-42-45(2)36(30)41-23-40-35/h4,8,10-11,13-14,16-18,23-24,27,29,33H,5-7,9,12,15,19-22H2,1-3H3,(H,40,41,43,44,47,48)/b8-4-/t24-,27-,29+,33-,38-,51?/m0/s1. The number of nitrogens with one attached hydrogen (secondary N) is 1. The van der Waals surface area contributed by atoms with Gasteiger partial charge in [0.05, 0.1) is 35.7 Å². The first-order chi connectivity index (χ1) is 24.6. The average molecular weight is 730 g/mol. The zero-order valence-corrected chi connectivity index (χ0v) is 30.8. The molecule has 1 saturated carbocycles. The first-order valence-electron chi connectivity index (χ1n) is 17.8. The van der Waals surface area contributed by atoms with Crippen molar-refractivity contribution in [2.24, 2.45) is 29.2 Å². The van der Waals surface area contributed by atoms with Gasteiger partial charge in [-0.2, -0.15) is 5.10 Å². The molecule has 1 spiro atoms. The minimum absolute atomic E-state index is 0.0296. The van der Waals surface area contributed by atoms with E-state index in [1.54, 1.807) is 31.1 Å². The topological polar surface area (TPSA) is 124 Å². The molecule has 51 heavy (non-hydrogen) atoms. The van der Waals surface area contributed by atoms with Crippen molar-refractivity contribution in [1.29, 1.82) is 0 Å². The molecule has 2 aliphatic carbocycles. The van der Waals surface area contributed by atoms with Gasteiger partial charge in [0.15, 0.2) is 11.5 Å². The van der Waals surface area contributed by atoms with Crippen LogP contribution in [0.4, 0.5) is 11.5 Å². The highest BCUT2D eigenvalue weighted by Gasteiger charge is 2.44. The second kappa shape index (κ2) is 13.5. The number of methoxy groups -OCH3 is 1. The van der Waals surface area contributed by atoms with Gasteiger partial charge >= 0.3 is 0 Å². The van der Waals surface area contributed by atoms with Crippen LogP contribution in [-0.2, 0) is 33.5 Å². The number of aromatic nitrogens is 4. The summed E-state index contributed by atoms with van der Waals surface area (Å²) in [5.74, 6) is 1.34. The third-order valence-corrected chi connectivity index (χ3v) is 13.5. The molecule has 268 valence electrons. The molecule has 4 aliphatic rings. The first-order valence-corrected chi connectivity index (χ1v) is 19.9. The number of benzene rings is 2. The number of nitrogens with zero attached hydrogens (tertiary/aromatic N) is 6. The number of hydrogen-bond acceptors (Lipinski definition) is 8. The number of carbonyl (C=O) groups excluding carboxylic acids is 1. The van der Waals surface area contributed by atoms with Crippen molar-refractivity contribution in [3.05, 3.63) is 82.8 Å². The van der Waals surface area contributed by atoms with Crippen LogP contribution in [0.2, 0.25) is 5.02 Å². The Labute approximate surface area is 304 Å². The lowest BCUT2D eigenvalue weighted by molar-refractivity contribution is 0.0131. The maximum Gasteiger partial charge on any atom is 0.286 e. The highest BCUT2D eigenvalue weighted by Crippen LogP contribution is 2.47. The van der Waals surface area contributed by atoms with Gasteiger partial charge in [-0.1, -0.05) is 36.7 Å². The Bertz CT molecular complexity index is 2150. The summed E-state index contributed by atoms with van der Waals surface area (Å²) < 4.78 is 36.7. The zero-order chi connectivity index (χ0) is 35.3. The first kappa shape index (κ1) is 34.1. The second-order valence-electron chi connectivity index (χ2n) is 14.8. The number of aryl methyl sites for hydroxylation is 2. The van der Waals surface area contributed by atoms with Gasteiger partial charge in [0.1, 0.15) is 22.0 Å². The van der Waals surface area contributed by atoms with Crippen LogP contribution in [0.3, 0.4) is 0 Å². The Morgan fingerprint density at radius 1 is 1.16 bits per heavy atom. The number of amides is 1. The molecule has 11 nitrogen and oxygen atoms in total. The molecule has 2 aromatic carbocycles. The Hall–Kier alpha value is -4.00. The van der Waals surface area contributed by atoms with Crippen molar-refractivity contribution in [2.75, 3.05) is 42.2 Å². The summed E-state index contributed by atoms with van der Waals surface area (Å²) in [6, 6.07) is 11.8. The number of allylic oxidation sites excluding steroid dienone is 1. The van der Waals surface area contributed by atoms with E-state index in [0.717, 1.165) is 61.7 Å². The van der Waals surface area contributed by atoms with Gasteiger partial charge in [-0.3, -0.25) is 14.2 Å². The summed E-state index contributed by atoms with van der Waals surface area (Å²) in [6.07, 6.45) is 13.2. The number of hydrogen-bond donors (Lipinski definition) is 1. The van der Waals surface area contributed by atoms with Gasteiger partial charge in [0, 0.05) is 43.2 Å². The summed E-state index contributed by atoms with van der Waals surface area (Å²) in [7, 11) is 0.216. The summed E-state index contributed by atoms with van der Waals surface area (Å²) in [4.78, 5) is 25.3. The Balaban J connectivity index is 1.22. The van der Waals surface area contributed by atoms with E-state index in [1.165, 1.54) is 17.5 Å². The molecule has 0 saturated heterocycles. The van der Waals surface area contributed by atoms with Crippen LogP contribution in [0.1, 0.15) is 60.5 Å². The minimum atomic E-state index is -3.35. The third kappa shape index (κ3) is 6.51. The van der Waals surface area contributed by atoms with Crippen LogP contribution in [0.25, 0.3) is 11.0 Å². The number of halogens is 1. The summed E-state index contributed by atoms with van der Waals surface area (Å²) >= 11 is 6.47. The van der Waals surface area contributed by atoms with E-state index in [0.29, 0.717) is 47.3 Å². The molecule has 2 bridgehead atoms. The van der Waals surface area contributed by atoms with Crippen LogP contribution < -0.4 is 14.4 Å². The fraction of sp³-hybridized carbons (Fsp3) is 0.474. The molecule has 13 heteroatoms. The van der Waals surface area contributed by atoms with E-state index in [1.807, 2.05) is 25.1 Å². The normalized spacial score (nSPS) is 30.0. The van der Waals surface area contributed by atoms with E-state index >= 15 is 0 Å². The van der Waals surface area contributed by atoms with Crippen molar-refractivity contribution in [2.45, 2.75) is 57.0 Å². The zero-order valence-electron chi connectivity index (χ0n) is 29.3. The van der Waals surface area contributed by atoms with Crippen LogP contribution in [0, 0.1) is 17.8 Å². The Morgan fingerprint density at radius 3 is 2.86 bits per heavy atom. The van der Waals surface area contributed by atoms with Crippen molar-refractivity contribution < 1.29 is 18.5 Å². The van der Waals surface area contributed by atoms with E-state index in [2.05, 4.69) is 53.3 Å². The molecule has 6 atom stereocenters. The highest BCUT2D eigenvalue weighted by molar-refractivity contribution is 7.95. The van der Waals surface area contributed by atoms with E-state index < -0.39 is 15.8 Å². The predicted octanol–water partition coefficient (Wildman–Crippen LogP) is 6.76. The predicted molar refractivity (Wildman–Crippen MR) is 200 cm³/mol. The van der Waals surface area contributed by atoms with E-state index in [-0.39, 0.29) is 23.2 Å². The molecule has 2 aromatic heterocycles. The molecule has 1 fully saturated rings. The molecular weight excluding hydrogens is 686 g/mol. The summed E-state index contributed by atoms with van der Waals surface area (Å²) in [6.45, 7) is 4.09. The van der Waals surface area contributed by atoms with Crippen molar-refractivity contribution in [3.8, 4) is 5.75 Å². The monoisotopic (exact) mass is 729 g/mol. The van der Waals surface area contributed by atoms with Gasteiger partial charge < -0.3 is 14.4 Å². The molecular formula is C38H44ClN7O4S. The van der Waals surface area contributed by atoms with Crippen molar-refractivity contribution in [3.63, 3.8) is 0 Å². The maximum atomic E-state index is 14.8. The molecule has 1 N–H and O–H groups in total. The van der Waals surface area contributed by atoms with Gasteiger partial charge in [0.25, 0.3) is 5.91 Å². The van der Waals surface area contributed by atoms with Gasteiger partial charge in [0.2, 0.25) is 0 Å². The fourth-order valence-corrected chi connectivity index (χ4v) is 10.7. The molecule has 0 radical (unpaired) electrons. The van der Waals surface area contributed by atoms with Crippen LogP contribution in [-0.4, -0.2) is 68.5 Å². The molecule has 1 amide bonds. The minimum Gasteiger partial charge on any atom is -0.490 e. The molecule has 2 aliphatic heterocycles. The molecule has 4 aromatic rings. The third-order valence-electron chi connectivity index (χ3n) is 11.3. The average Bonchev–Trinajstić information content (AvgIpc) is 3.41. The number of ether oxygens (including phenoxy) is 2. The van der Waals surface area contributed by atoms with Gasteiger partial charge in [-0.15, -0.1) is 4.36 Å². The van der Waals surface area contributed by atoms with Crippen molar-refractivity contribution in [1.82, 2.24) is 19.7 Å². The second-order valence-corrected chi connectivity index (χ2v) is 17.2. The molecule has 4 heterocycles. The largest absolute Gasteiger partial charge is 0.490 e. The number of rotatable bonds is 3. The highest BCUT2D eigenvalue weighted by atomic mass is 35.5. The van der Waals surface area contributed by atoms with Crippen molar-refractivity contribution >= 4 is 50.0 Å². The Morgan fingerprint density at radius 2 is 2.04 bits per heavy atom. The lowest BCUT2D eigenvalue weighted by Crippen LogP contribution is -2.49. The summed E-state index contributed by atoms with van der Waals surface area (Å²) in [5.41, 5.74) is 4.13. The van der Waals surface area contributed by atoms with E-state index in [4.69, 9.17) is 21.1 Å². The van der Waals surface area contributed by atoms with Gasteiger partial charge in [-0.05, 0) is 97.7 Å². The van der Waals surface area contributed by atoms with Crippen LogP contribution >= 0.6 is 11.6 Å². The lowest BCUT2D eigenvalue weighted by atomic mass is 9.68. The SMILES string of the molecule is CO[C@H]1/C=C\C[C@H](C)CS(=O)(Nc2ncnc3c2cnn3C)=NC(=O)c2ccc3c(c2)N(C[C@@H]2CC[C@H]21)C[C@@]1(CCCc2cc(Cl)ccc21)CO3. The number of carbonyl (C=O) groups is 1. The van der Waals surface area contributed by atoms with E-state index in [9.17, 15) is 9.00 Å².